The van der Waals surface area contributed by atoms with Gasteiger partial charge in [0.15, 0.2) is 0 Å². The van der Waals surface area contributed by atoms with Gasteiger partial charge in [0, 0.05) is 28.3 Å². The highest BCUT2D eigenvalue weighted by Crippen LogP contribution is 2.22. The molecule has 0 bridgehead atoms. The highest BCUT2D eigenvalue weighted by atomic mass is 16.1. The van der Waals surface area contributed by atoms with Crippen molar-refractivity contribution in [1.82, 2.24) is 9.97 Å². The largest absolute Gasteiger partial charge is 0.388 e. The average molecular weight is 400 g/mol. The smallest absolute Gasteiger partial charge is 0.272 e. The van der Waals surface area contributed by atoms with Crippen molar-refractivity contribution < 1.29 is 4.79 Å². The summed E-state index contributed by atoms with van der Waals surface area (Å²) >= 11 is 0. The number of hydrogen-bond donors (Lipinski definition) is 4. The zero-order valence-electron chi connectivity index (χ0n) is 16.9. The average Bonchev–Trinajstić information content (AvgIpc) is 3.36. The highest BCUT2D eigenvalue weighted by Gasteiger charge is 2.13. The monoisotopic (exact) mass is 400 g/mol. The minimum Gasteiger partial charge on any atom is -0.388 e. The number of nitrogens with one attached hydrogen (secondary N) is 3. The summed E-state index contributed by atoms with van der Waals surface area (Å²) in [6.07, 6.45) is 3.84. The van der Waals surface area contributed by atoms with Crippen molar-refractivity contribution in [2.24, 2.45) is 21.9 Å². The van der Waals surface area contributed by atoms with Crippen LogP contribution in [0, 0.1) is 5.92 Å². The number of benzene rings is 2. The third-order valence-corrected chi connectivity index (χ3v) is 4.86. The molecule has 7 heteroatoms. The lowest BCUT2D eigenvalue weighted by Crippen LogP contribution is -2.12. The Kier molecular flexibility index (Phi) is 5.34. The van der Waals surface area contributed by atoms with E-state index in [1.54, 1.807) is 0 Å². The Labute approximate surface area is 174 Å². The lowest BCUT2D eigenvalue weighted by Gasteiger charge is -2.08. The van der Waals surface area contributed by atoms with E-state index in [0.29, 0.717) is 11.6 Å². The Bertz CT molecular complexity index is 1260. The zero-order chi connectivity index (χ0) is 21.1. The number of nitrogens with two attached hydrogens (primary N) is 1. The molecule has 2 heterocycles. The Balaban J connectivity index is 1.60. The van der Waals surface area contributed by atoms with Crippen molar-refractivity contribution in [2.45, 2.75) is 20.3 Å². The second kappa shape index (κ2) is 8.24. The van der Waals surface area contributed by atoms with Gasteiger partial charge in [-0.2, -0.15) is 5.10 Å². The summed E-state index contributed by atoms with van der Waals surface area (Å²) in [5.74, 6) is 0.236. The molecule has 7 nitrogen and oxygen atoms in total. The summed E-state index contributed by atoms with van der Waals surface area (Å²) in [6, 6.07) is 15.6. The van der Waals surface area contributed by atoms with Gasteiger partial charge in [-0.15, -0.1) is 5.10 Å². The minimum atomic E-state index is -0.192. The first-order valence-electron chi connectivity index (χ1n) is 9.85. The lowest BCUT2D eigenvalue weighted by atomic mass is 9.99. The molecule has 0 spiro atoms. The SMILES string of the molecule is CC(C)C/C(=N\N=C\N)c1ccc2[nH]c(C(=O)Nc3ccc4cc[nH]c4c3)cc2c1. The molecule has 0 aliphatic heterocycles. The van der Waals surface area contributed by atoms with E-state index in [4.69, 9.17) is 5.73 Å². The standard InChI is InChI=1S/C23H24N6O/c1-14(2)9-21(29-26-13-24)16-4-6-19-17(10-16)11-22(28-19)23(30)27-18-5-3-15-7-8-25-20(15)12-18/h3-8,10-14,25,28H,9H2,1-2H3,(H2,24,26)(H,27,30)/b29-21+. The summed E-state index contributed by atoms with van der Waals surface area (Å²) in [6.45, 7) is 4.26. The van der Waals surface area contributed by atoms with E-state index in [2.05, 4.69) is 39.3 Å². The molecule has 0 unspecified atom stereocenters. The molecular formula is C23H24N6O. The number of hydrogen-bond acceptors (Lipinski definition) is 3. The highest BCUT2D eigenvalue weighted by molar-refractivity contribution is 6.08. The van der Waals surface area contributed by atoms with Gasteiger partial charge in [-0.3, -0.25) is 4.79 Å². The van der Waals surface area contributed by atoms with Crippen LogP contribution in [0.1, 0.15) is 36.3 Å². The van der Waals surface area contributed by atoms with Crippen LogP contribution in [0.4, 0.5) is 5.69 Å². The number of fused-ring (bicyclic) bond motifs is 2. The summed E-state index contributed by atoms with van der Waals surface area (Å²) in [5, 5.41) is 13.1. The topological polar surface area (TPSA) is 111 Å². The van der Waals surface area contributed by atoms with Crippen molar-refractivity contribution in [1.29, 1.82) is 0 Å². The third kappa shape index (κ3) is 4.10. The van der Waals surface area contributed by atoms with Gasteiger partial charge < -0.3 is 21.0 Å². The van der Waals surface area contributed by atoms with Crippen molar-refractivity contribution in [3.8, 4) is 0 Å². The van der Waals surface area contributed by atoms with Gasteiger partial charge in [0.2, 0.25) is 0 Å². The normalized spacial score (nSPS) is 12.4. The molecule has 0 saturated carbocycles. The maximum absolute atomic E-state index is 12.8. The summed E-state index contributed by atoms with van der Waals surface area (Å²) in [4.78, 5) is 19.1. The molecule has 0 aliphatic carbocycles. The summed E-state index contributed by atoms with van der Waals surface area (Å²) < 4.78 is 0. The van der Waals surface area contributed by atoms with Crippen LogP contribution in [-0.2, 0) is 0 Å². The Morgan fingerprint density at radius 1 is 1.10 bits per heavy atom. The van der Waals surface area contributed by atoms with Gasteiger partial charge in [-0.1, -0.05) is 26.0 Å². The number of anilines is 1. The first-order chi connectivity index (χ1) is 14.5. The Morgan fingerprint density at radius 2 is 1.97 bits per heavy atom. The molecule has 1 amide bonds. The fourth-order valence-electron chi connectivity index (χ4n) is 3.46. The first-order valence-corrected chi connectivity index (χ1v) is 9.85. The zero-order valence-corrected chi connectivity index (χ0v) is 16.9. The first kappa shape index (κ1) is 19.4. The molecule has 4 rings (SSSR count). The van der Waals surface area contributed by atoms with E-state index in [0.717, 1.165) is 45.2 Å². The van der Waals surface area contributed by atoms with Gasteiger partial charge in [0.25, 0.3) is 5.91 Å². The molecule has 152 valence electrons. The second-order valence-electron chi connectivity index (χ2n) is 7.63. The Hall–Kier alpha value is -3.87. The van der Waals surface area contributed by atoms with Crippen LogP contribution in [0.3, 0.4) is 0 Å². The van der Waals surface area contributed by atoms with Crippen LogP contribution in [-0.4, -0.2) is 27.9 Å². The number of amides is 1. The van der Waals surface area contributed by atoms with Crippen LogP contribution in [0.5, 0.6) is 0 Å². The third-order valence-electron chi connectivity index (χ3n) is 4.86. The molecule has 30 heavy (non-hydrogen) atoms. The van der Waals surface area contributed by atoms with E-state index in [1.165, 1.54) is 6.34 Å². The molecule has 0 fully saturated rings. The number of carbonyl (C=O) groups excluding carboxylic acids is 1. The van der Waals surface area contributed by atoms with E-state index in [9.17, 15) is 4.79 Å². The summed E-state index contributed by atoms with van der Waals surface area (Å²) in [7, 11) is 0. The van der Waals surface area contributed by atoms with Crippen LogP contribution in [0.2, 0.25) is 0 Å². The minimum absolute atomic E-state index is 0.192. The van der Waals surface area contributed by atoms with E-state index in [1.807, 2.05) is 54.7 Å². The molecule has 4 aromatic rings. The molecular weight excluding hydrogens is 376 g/mol. The molecule has 0 radical (unpaired) electrons. The van der Waals surface area contributed by atoms with Crippen LogP contribution in [0.25, 0.3) is 21.8 Å². The molecule has 2 aromatic heterocycles. The molecule has 5 N–H and O–H groups in total. The van der Waals surface area contributed by atoms with Gasteiger partial charge in [-0.05, 0) is 59.7 Å². The fraction of sp³-hybridized carbons (Fsp3) is 0.174. The maximum atomic E-state index is 12.8. The Morgan fingerprint density at radius 3 is 2.77 bits per heavy atom. The number of nitrogens with zero attached hydrogens (tertiary/aromatic N) is 2. The number of carbonyl (C=O) groups is 1. The summed E-state index contributed by atoms with van der Waals surface area (Å²) in [5.41, 5.74) is 10.3. The quantitative estimate of drug-likeness (QED) is 0.215. The maximum Gasteiger partial charge on any atom is 0.272 e. The van der Waals surface area contributed by atoms with Crippen LogP contribution in [0.15, 0.2) is 64.9 Å². The number of aromatic amines is 2. The van der Waals surface area contributed by atoms with Crippen molar-refractivity contribution in [2.75, 3.05) is 5.32 Å². The molecule has 2 aromatic carbocycles. The molecule has 0 atom stereocenters. The lowest BCUT2D eigenvalue weighted by molar-refractivity contribution is 0.102. The number of H-pyrrole nitrogens is 2. The van der Waals surface area contributed by atoms with Gasteiger partial charge in [-0.25, -0.2) is 0 Å². The van der Waals surface area contributed by atoms with Gasteiger partial charge in [0.1, 0.15) is 12.0 Å². The molecule has 0 saturated heterocycles. The fourth-order valence-corrected chi connectivity index (χ4v) is 3.46. The van der Waals surface area contributed by atoms with Crippen molar-refractivity contribution in [3.63, 3.8) is 0 Å². The second-order valence-corrected chi connectivity index (χ2v) is 7.63. The predicted octanol–water partition coefficient (Wildman–Crippen LogP) is 4.64. The van der Waals surface area contributed by atoms with E-state index >= 15 is 0 Å². The molecule has 0 aliphatic rings. The van der Waals surface area contributed by atoms with Crippen LogP contribution >= 0.6 is 0 Å². The van der Waals surface area contributed by atoms with Gasteiger partial charge in [0.05, 0.1) is 5.71 Å². The number of rotatable bonds is 6. The van der Waals surface area contributed by atoms with Crippen LogP contribution < -0.4 is 11.1 Å². The van der Waals surface area contributed by atoms with Gasteiger partial charge >= 0.3 is 0 Å². The van der Waals surface area contributed by atoms with E-state index < -0.39 is 0 Å². The predicted molar refractivity (Wildman–Crippen MR) is 123 cm³/mol. The van der Waals surface area contributed by atoms with E-state index in [-0.39, 0.29) is 5.91 Å². The number of aromatic nitrogens is 2. The van der Waals surface area contributed by atoms with Crippen molar-refractivity contribution >= 4 is 45.5 Å². The van der Waals surface area contributed by atoms with Crippen molar-refractivity contribution in [3.05, 3.63) is 66.0 Å².